The molecular formula is C14H32Cl2N4O2. The standard InChI is InChI=1S/C14H30N4O2.2ClH/c1-3-17-9-11-18(12-10-17)8-4-14(19)16-6-5-15-7-13-20-2;;/h15H,3-13H2,1-2H3,(H,16,19);2*1H. The van der Waals surface area contributed by atoms with Crippen molar-refractivity contribution in [3.05, 3.63) is 0 Å². The number of rotatable bonds is 10. The minimum absolute atomic E-state index is 0. The number of ether oxygens (including phenoxy) is 1. The average molecular weight is 359 g/mol. The second kappa shape index (κ2) is 15.8. The number of amides is 1. The molecule has 0 bridgehead atoms. The van der Waals surface area contributed by atoms with Gasteiger partial charge in [-0.05, 0) is 6.54 Å². The van der Waals surface area contributed by atoms with E-state index >= 15 is 0 Å². The number of nitrogens with zero attached hydrogens (tertiary/aromatic N) is 2. The molecule has 0 aromatic carbocycles. The van der Waals surface area contributed by atoms with E-state index in [2.05, 4.69) is 27.4 Å². The van der Waals surface area contributed by atoms with Gasteiger partial charge in [0.2, 0.25) is 5.91 Å². The van der Waals surface area contributed by atoms with Crippen LogP contribution in [-0.2, 0) is 9.53 Å². The zero-order valence-corrected chi connectivity index (χ0v) is 15.4. The first-order chi connectivity index (χ1) is 9.76. The molecule has 0 aliphatic carbocycles. The zero-order valence-electron chi connectivity index (χ0n) is 13.8. The fraction of sp³-hybridized carbons (Fsp3) is 0.929. The minimum Gasteiger partial charge on any atom is -0.383 e. The highest BCUT2D eigenvalue weighted by Gasteiger charge is 2.15. The normalized spacial score (nSPS) is 15.7. The second-order valence-corrected chi connectivity index (χ2v) is 5.12. The number of carbonyl (C=O) groups excluding carboxylic acids is 1. The highest BCUT2D eigenvalue weighted by Crippen LogP contribution is 2.01. The van der Waals surface area contributed by atoms with Crippen molar-refractivity contribution in [1.82, 2.24) is 20.4 Å². The molecule has 0 aromatic rings. The average Bonchev–Trinajstić information content (AvgIpc) is 2.49. The summed E-state index contributed by atoms with van der Waals surface area (Å²) in [6.07, 6.45) is 0.601. The summed E-state index contributed by atoms with van der Waals surface area (Å²) in [5.41, 5.74) is 0. The van der Waals surface area contributed by atoms with E-state index in [4.69, 9.17) is 4.74 Å². The Hall–Kier alpha value is -0.110. The number of halogens is 2. The molecule has 0 aromatic heterocycles. The largest absolute Gasteiger partial charge is 0.383 e. The zero-order chi connectivity index (χ0) is 14.6. The molecule has 6 nitrogen and oxygen atoms in total. The Morgan fingerprint density at radius 1 is 1.05 bits per heavy atom. The topological polar surface area (TPSA) is 56.8 Å². The van der Waals surface area contributed by atoms with Crippen molar-refractivity contribution in [2.75, 3.05) is 72.6 Å². The first kappa shape index (κ1) is 24.1. The molecule has 22 heavy (non-hydrogen) atoms. The van der Waals surface area contributed by atoms with Crippen LogP contribution in [0.5, 0.6) is 0 Å². The third-order valence-electron chi connectivity index (χ3n) is 3.67. The molecule has 1 heterocycles. The molecule has 1 aliphatic heterocycles. The van der Waals surface area contributed by atoms with Gasteiger partial charge in [0, 0.05) is 65.9 Å². The molecule has 1 aliphatic rings. The van der Waals surface area contributed by atoms with Gasteiger partial charge < -0.3 is 25.2 Å². The van der Waals surface area contributed by atoms with Crippen molar-refractivity contribution in [3.63, 3.8) is 0 Å². The molecule has 0 unspecified atom stereocenters. The van der Waals surface area contributed by atoms with Crippen LogP contribution in [0.3, 0.4) is 0 Å². The molecule has 0 spiro atoms. The molecule has 1 amide bonds. The third kappa shape index (κ3) is 11.5. The van der Waals surface area contributed by atoms with E-state index in [1.165, 1.54) is 0 Å². The first-order valence-electron chi connectivity index (χ1n) is 7.67. The van der Waals surface area contributed by atoms with E-state index in [0.717, 1.165) is 52.4 Å². The maximum atomic E-state index is 11.7. The monoisotopic (exact) mass is 358 g/mol. The lowest BCUT2D eigenvalue weighted by molar-refractivity contribution is -0.121. The molecule has 2 N–H and O–H groups in total. The predicted molar refractivity (Wildman–Crippen MR) is 95.4 cm³/mol. The summed E-state index contributed by atoms with van der Waals surface area (Å²) < 4.78 is 4.93. The van der Waals surface area contributed by atoms with Crippen LogP contribution in [0.4, 0.5) is 0 Å². The Labute approximate surface area is 147 Å². The molecule has 8 heteroatoms. The third-order valence-corrected chi connectivity index (χ3v) is 3.67. The molecule has 0 saturated carbocycles. The van der Waals surface area contributed by atoms with Crippen molar-refractivity contribution in [2.24, 2.45) is 0 Å². The van der Waals surface area contributed by atoms with Crippen LogP contribution in [0, 0.1) is 0 Å². The molecule has 1 saturated heterocycles. The molecule has 0 atom stereocenters. The highest BCUT2D eigenvalue weighted by molar-refractivity contribution is 5.85. The number of piperazine rings is 1. The van der Waals surface area contributed by atoms with E-state index in [0.29, 0.717) is 19.6 Å². The maximum absolute atomic E-state index is 11.7. The number of carbonyl (C=O) groups is 1. The SMILES string of the molecule is CCN1CCN(CCC(=O)NCCNCCOC)CC1.Cl.Cl. The summed E-state index contributed by atoms with van der Waals surface area (Å²) >= 11 is 0. The Bertz CT molecular complexity index is 265. The van der Waals surface area contributed by atoms with Gasteiger partial charge in [0.05, 0.1) is 6.61 Å². The van der Waals surface area contributed by atoms with Gasteiger partial charge in [-0.25, -0.2) is 0 Å². The van der Waals surface area contributed by atoms with Crippen molar-refractivity contribution in [2.45, 2.75) is 13.3 Å². The first-order valence-corrected chi connectivity index (χ1v) is 7.67. The van der Waals surface area contributed by atoms with E-state index in [1.807, 2.05) is 0 Å². The van der Waals surface area contributed by atoms with Crippen molar-refractivity contribution >= 4 is 30.7 Å². The summed E-state index contributed by atoms with van der Waals surface area (Å²) in [5.74, 6) is 0.150. The lowest BCUT2D eigenvalue weighted by Crippen LogP contribution is -2.47. The summed E-state index contributed by atoms with van der Waals surface area (Å²) in [7, 11) is 1.68. The molecular weight excluding hydrogens is 327 g/mol. The summed E-state index contributed by atoms with van der Waals surface area (Å²) in [4.78, 5) is 16.5. The minimum atomic E-state index is 0. The number of hydrogen-bond acceptors (Lipinski definition) is 5. The molecule has 1 fully saturated rings. The summed E-state index contributed by atoms with van der Waals surface area (Å²) in [5, 5.41) is 6.14. The smallest absolute Gasteiger partial charge is 0.221 e. The Morgan fingerprint density at radius 2 is 1.68 bits per heavy atom. The van der Waals surface area contributed by atoms with Gasteiger partial charge in [-0.15, -0.1) is 24.8 Å². The van der Waals surface area contributed by atoms with Crippen LogP contribution in [0.15, 0.2) is 0 Å². The van der Waals surface area contributed by atoms with Crippen LogP contribution in [0.2, 0.25) is 0 Å². The van der Waals surface area contributed by atoms with E-state index in [9.17, 15) is 4.79 Å². The van der Waals surface area contributed by atoms with Crippen molar-refractivity contribution in [3.8, 4) is 0 Å². The van der Waals surface area contributed by atoms with Gasteiger partial charge in [-0.2, -0.15) is 0 Å². The number of methoxy groups -OCH3 is 1. The fourth-order valence-corrected chi connectivity index (χ4v) is 2.27. The lowest BCUT2D eigenvalue weighted by atomic mass is 10.3. The van der Waals surface area contributed by atoms with E-state index in [-0.39, 0.29) is 30.7 Å². The van der Waals surface area contributed by atoms with Gasteiger partial charge in [0.15, 0.2) is 0 Å². The molecule has 1 rings (SSSR count). The van der Waals surface area contributed by atoms with E-state index in [1.54, 1.807) is 7.11 Å². The number of hydrogen-bond donors (Lipinski definition) is 2. The van der Waals surface area contributed by atoms with Crippen LogP contribution in [-0.4, -0.2) is 88.3 Å². The maximum Gasteiger partial charge on any atom is 0.221 e. The second-order valence-electron chi connectivity index (χ2n) is 5.12. The van der Waals surface area contributed by atoms with Crippen LogP contribution < -0.4 is 10.6 Å². The van der Waals surface area contributed by atoms with Crippen LogP contribution >= 0.6 is 24.8 Å². The quantitative estimate of drug-likeness (QED) is 0.546. The van der Waals surface area contributed by atoms with Gasteiger partial charge in [0.1, 0.15) is 0 Å². The van der Waals surface area contributed by atoms with Gasteiger partial charge in [-0.1, -0.05) is 6.92 Å². The van der Waals surface area contributed by atoms with Crippen molar-refractivity contribution < 1.29 is 9.53 Å². The fourth-order valence-electron chi connectivity index (χ4n) is 2.27. The van der Waals surface area contributed by atoms with Gasteiger partial charge in [-0.3, -0.25) is 4.79 Å². The number of likely N-dealkylation sites (N-methyl/N-ethyl adjacent to an activating group) is 1. The molecule has 134 valence electrons. The van der Waals surface area contributed by atoms with E-state index < -0.39 is 0 Å². The summed E-state index contributed by atoms with van der Waals surface area (Å²) in [6, 6.07) is 0. The van der Waals surface area contributed by atoms with Gasteiger partial charge >= 0.3 is 0 Å². The van der Waals surface area contributed by atoms with Crippen LogP contribution in [0.25, 0.3) is 0 Å². The van der Waals surface area contributed by atoms with Gasteiger partial charge in [0.25, 0.3) is 0 Å². The van der Waals surface area contributed by atoms with Crippen molar-refractivity contribution in [1.29, 1.82) is 0 Å². The van der Waals surface area contributed by atoms with Crippen LogP contribution in [0.1, 0.15) is 13.3 Å². The number of nitrogens with one attached hydrogen (secondary N) is 2. The highest BCUT2D eigenvalue weighted by atomic mass is 35.5. The Morgan fingerprint density at radius 3 is 2.27 bits per heavy atom. The lowest BCUT2D eigenvalue weighted by Gasteiger charge is -2.33. The molecule has 0 radical (unpaired) electrons. The Kier molecular flexibility index (Phi) is 17.3. The predicted octanol–water partition coefficient (Wildman–Crippen LogP) is 0.210. The Balaban J connectivity index is 0. The summed E-state index contributed by atoms with van der Waals surface area (Å²) in [6.45, 7) is 11.6.